The van der Waals surface area contributed by atoms with Crippen LogP contribution in [0, 0.1) is 5.92 Å². The number of ether oxygens (including phenoxy) is 1. The van der Waals surface area contributed by atoms with E-state index in [1.807, 2.05) is 0 Å². The molecule has 1 fully saturated rings. The lowest BCUT2D eigenvalue weighted by Crippen LogP contribution is -2.33. The van der Waals surface area contributed by atoms with E-state index in [0.29, 0.717) is 12.0 Å². The maximum Gasteiger partial charge on any atom is 0.306 e. The van der Waals surface area contributed by atoms with Gasteiger partial charge in [0.1, 0.15) is 6.10 Å². The van der Waals surface area contributed by atoms with Crippen LogP contribution in [0.2, 0.25) is 0 Å². The molecule has 0 aromatic carbocycles. The molecule has 0 saturated carbocycles. The Balaban J connectivity index is 2.66. The predicted molar refractivity (Wildman–Crippen MR) is 85.2 cm³/mol. The summed E-state index contributed by atoms with van der Waals surface area (Å²) < 4.78 is 5.19. The van der Waals surface area contributed by atoms with Gasteiger partial charge in [0.05, 0.1) is 6.10 Å². The summed E-state index contributed by atoms with van der Waals surface area (Å²) in [6.45, 7) is 5.12. The highest BCUT2D eigenvalue weighted by Crippen LogP contribution is 2.26. The Morgan fingerprint density at radius 3 is 2.61 bits per heavy atom. The lowest BCUT2D eigenvalue weighted by molar-refractivity contribution is -0.157. The number of carbonyl (C=O) groups is 3. The van der Waals surface area contributed by atoms with Gasteiger partial charge >= 0.3 is 5.97 Å². The van der Waals surface area contributed by atoms with E-state index in [0.717, 1.165) is 5.57 Å². The molecular formula is C17H25NO5. The van der Waals surface area contributed by atoms with Crippen molar-refractivity contribution >= 4 is 17.7 Å². The molecular weight excluding hydrogens is 298 g/mol. The van der Waals surface area contributed by atoms with Gasteiger partial charge in [-0.2, -0.15) is 0 Å². The molecule has 23 heavy (non-hydrogen) atoms. The second-order valence-electron chi connectivity index (χ2n) is 6.19. The zero-order valence-electron chi connectivity index (χ0n) is 13.9. The lowest BCUT2D eigenvalue weighted by atomic mass is 9.89. The summed E-state index contributed by atoms with van der Waals surface area (Å²) in [5.74, 6) is -1.13. The number of primary amides is 1. The number of esters is 1. The molecule has 0 aromatic heterocycles. The third kappa shape index (κ3) is 7.23. The molecule has 0 radical (unpaired) electrons. The molecule has 6 heteroatoms. The molecule has 3 atom stereocenters. The molecule has 1 amide bonds. The number of aliphatic hydroxyl groups excluding tert-OH is 1. The first kappa shape index (κ1) is 19.1. The highest BCUT2D eigenvalue weighted by molar-refractivity contribution is 5.95. The van der Waals surface area contributed by atoms with Crippen molar-refractivity contribution in [1.82, 2.24) is 0 Å². The van der Waals surface area contributed by atoms with Gasteiger partial charge in [0.25, 0.3) is 0 Å². The van der Waals surface area contributed by atoms with Gasteiger partial charge in [-0.05, 0) is 38.7 Å². The van der Waals surface area contributed by atoms with Gasteiger partial charge in [-0.15, -0.1) is 0 Å². The summed E-state index contributed by atoms with van der Waals surface area (Å²) >= 11 is 0. The molecule has 0 aromatic rings. The van der Waals surface area contributed by atoms with E-state index in [2.05, 4.69) is 0 Å². The molecule has 128 valence electrons. The summed E-state index contributed by atoms with van der Waals surface area (Å²) in [6.07, 6.45) is 3.09. The molecule has 0 bridgehead atoms. The van der Waals surface area contributed by atoms with E-state index in [-0.39, 0.29) is 31.0 Å². The van der Waals surface area contributed by atoms with Crippen molar-refractivity contribution in [3.05, 3.63) is 23.3 Å². The summed E-state index contributed by atoms with van der Waals surface area (Å²) in [7, 11) is 0. The van der Waals surface area contributed by atoms with Crippen LogP contribution in [0.1, 0.15) is 46.5 Å². The number of ketones is 1. The molecule has 0 spiro atoms. The fourth-order valence-corrected chi connectivity index (χ4v) is 2.76. The monoisotopic (exact) mass is 323 g/mol. The van der Waals surface area contributed by atoms with Gasteiger partial charge in [0.15, 0.2) is 5.78 Å². The number of amides is 1. The van der Waals surface area contributed by atoms with Crippen LogP contribution in [0.4, 0.5) is 0 Å². The molecule has 3 unspecified atom stereocenters. The first-order chi connectivity index (χ1) is 10.7. The zero-order valence-corrected chi connectivity index (χ0v) is 13.9. The normalized spacial score (nSPS) is 24.1. The Bertz CT molecular complexity index is 531. The van der Waals surface area contributed by atoms with Crippen LogP contribution >= 0.6 is 0 Å². The van der Waals surface area contributed by atoms with Gasteiger partial charge in [-0.3, -0.25) is 14.4 Å². The Labute approximate surface area is 136 Å². The van der Waals surface area contributed by atoms with Gasteiger partial charge in [0.2, 0.25) is 5.91 Å². The van der Waals surface area contributed by atoms with Crippen LogP contribution in [0.5, 0.6) is 0 Å². The Kier molecular flexibility index (Phi) is 7.16. The number of nitrogens with two attached hydrogens (primary N) is 1. The van der Waals surface area contributed by atoms with Crippen LogP contribution in [-0.2, 0) is 19.1 Å². The summed E-state index contributed by atoms with van der Waals surface area (Å²) in [6, 6.07) is 0. The summed E-state index contributed by atoms with van der Waals surface area (Å²) in [5, 5.41) is 9.28. The van der Waals surface area contributed by atoms with Crippen molar-refractivity contribution in [2.75, 3.05) is 0 Å². The van der Waals surface area contributed by atoms with Crippen LogP contribution in [0.15, 0.2) is 23.3 Å². The van der Waals surface area contributed by atoms with Crippen molar-refractivity contribution in [2.45, 2.75) is 58.7 Å². The van der Waals surface area contributed by atoms with Crippen LogP contribution in [0.25, 0.3) is 0 Å². The molecule has 0 aliphatic carbocycles. The van der Waals surface area contributed by atoms with E-state index >= 15 is 0 Å². The molecule has 1 rings (SSSR count). The smallest absolute Gasteiger partial charge is 0.306 e. The number of cyclic esters (lactones) is 1. The number of aliphatic hydroxyl groups is 1. The average molecular weight is 323 g/mol. The first-order valence-corrected chi connectivity index (χ1v) is 7.73. The first-order valence-electron chi connectivity index (χ1n) is 7.73. The van der Waals surface area contributed by atoms with Crippen LogP contribution < -0.4 is 5.73 Å². The Morgan fingerprint density at radius 1 is 1.39 bits per heavy atom. The molecule has 1 heterocycles. The number of hydrogen-bond donors (Lipinski definition) is 2. The van der Waals surface area contributed by atoms with Gasteiger partial charge in [-0.1, -0.05) is 17.7 Å². The largest absolute Gasteiger partial charge is 0.462 e. The van der Waals surface area contributed by atoms with Gasteiger partial charge in [-0.25, -0.2) is 0 Å². The van der Waals surface area contributed by atoms with Crippen molar-refractivity contribution in [3.8, 4) is 0 Å². The minimum absolute atomic E-state index is 0.0886. The second kappa shape index (κ2) is 8.62. The van der Waals surface area contributed by atoms with E-state index in [1.165, 1.54) is 0 Å². The lowest BCUT2D eigenvalue weighted by Gasteiger charge is -2.27. The third-order valence-electron chi connectivity index (χ3n) is 3.64. The highest BCUT2D eigenvalue weighted by atomic mass is 16.5. The zero-order chi connectivity index (χ0) is 17.6. The molecule has 6 nitrogen and oxygen atoms in total. The fraction of sp³-hybridized carbons (Fsp3) is 0.588. The highest BCUT2D eigenvalue weighted by Gasteiger charge is 2.31. The number of Topliss-reactive ketones (excluding diaryl/α,β-unsaturated/α-hetero) is 1. The quantitative estimate of drug-likeness (QED) is 0.418. The Hall–Kier alpha value is -1.95. The molecule has 3 N–H and O–H groups in total. The van der Waals surface area contributed by atoms with Gasteiger partial charge in [0, 0.05) is 19.3 Å². The Morgan fingerprint density at radius 2 is 2.04 bits per heavy atom. The van der Waals surface area contributed by atoms with E-state index in [4.69, 9.17) is 10.5 Å². The number of carbonyl (C=O) groups excluding carboxylic acids is 3. The summed E-state index contributed by atoms with van der Waals surface area (Å²) in [5.41, 5.74) is 6.49. The minimum atomic E-state index is -0.581. The molecule has 1 aliphatic heterocycles. The van der Waals surface area contributed by atoms with Crippen LogP contribution in [-0.4, -0.2) is 35.0 Å². The average Bonchev–Trinajstić information content (AvgIpc) is 2.35. The molecule has 1 aliphatic rings. The van der Waals surface area contributed by atoms with E-state index in [9.17, 15) is 19.5 Å². The molecule has 1 saturated heterocycles. The van der Waals surface area contributed by atoms with Gasteiger partial charge < -0.3 is 15.6 Å². The van der Waals surface area contributed by atoms with Crippen molar-refractivity contribution in [2.24, 2.45) is 11.7 Å². The number of rotatable bonds is 7. The van der Waals surface area contributed by atoms with E-state index < -0.39 is 24.1 Å². The second-order valence-corrected chi connectivity index (χ2v) is 6.19. The van der Waals surface area contributed by atoms with Crippen molar-refractivity contribution in [3.63, 3.8) is 0 Å². The maximum atomic E-state index is 12.2. The minimum Gasteiger partial charge on any atom is -0.462 e. The van der Waals surface area contributed by atoms with Crippen molar-refractivity contribution in [1.29, 1.82) is 0 Å². The van der Waals surface area contributed by atoms with Crippen molar-refractivity contribution < 1.29 is 24.2 Å². The predicted octanol–water partition coefficient (Wildman–Crippen LogP) is 1.42. The maximum absolute atomic E-state index is 12.2. The number of hydrogen-bond acceptors (Lipinski definition) is 5. The number of allylic oxidation sites excluding steroid dienone is 3. The third-order valence-corrected chi connectivity index (χ3v) is 3.64. The standard InChI is InChI=1S/C17H25NO5/c1-10(5-12(3)19)4-11(2)15(20)9-14-6-13(7-16(18)21)8-17(22)23-14/h4-5,12-14,19H,6-9H2,1-3H3,(H2,18,21). The topological polar surface area (TPSA) is 107 Å². The summed E-state index contributed by atoms with van der Waals surface area (Å²) in [4.78, 5) is 34.8. The fourth-order valence-electron chi connectivity index (χ4n) is 2.76. The van der Waals surface area contributed by atoms with Crippen LogP contribution in [0.3, 0.4) is 0 Å². The van der Waals surface area contributed by atoms with E-state index in [1.54, 1.807) is 32.9 Å². The SMILES string of the molecule is CC(=CC(C)O)C=C(C)C(=O)CC1CC(CC(N)=O)CC(=O)O1.